The van der Waals surface area contributed by atoms with Crippen LogP contribution >= 0.6 is 11.8 Å². The molecule has 7 nitrogen and oxygen atoms in total. The van der Waals surface area contributed by atoms with Crippen molar-refractivity contribution in [2.24, 2.45) is 0 Å². The van der Waals surface area contributed by atoms with E-state index < -0.39 is 35.1 Å². The summed E-state index contributed by atoms with van der Waals surface area (Å²) in [6, 6.07) is 19.7. The highest BCUT2D eigenvalue weighted by Crippen LogP contribution is 2.47. The highest BCUT2D eigenvalue weighted by Gasteiger charge is 2.28. The number of nitrogens with zero attached hydrogens (tertiary/aromatic N) is 1. The van der Waals surface area contributed by atoms with Crippen molar-refractivity contribution < 1.29 is 22.7 Å². The van der Waals surface area contributed by atoms with Gasteiger partial charge in [0.2, 0.25) is 10.0 Å². The Morgan fingerprint density at radius 2 is 1.52 bits per heavy atom. The molecule has 0 radical (unpaired) electrons. The number of aryl methyl sites for hydroxylation is 2. The van der Waals surface area contributed by atoms with E-state index in [0.29, 0.717) is 11.4 Å². The van der Waals surface area contributed by atoms with Gasteiger partial charge in [-0.3, -0.25) is 14.5 Å². The molecular formula is C24H22N2O5S2. The van der Waals surface area contributed by atoms with Crippen LogP contribution in [-0.4, -0.2) is 33.4 Å². The molecule has 1 heterocycles. The number of carbonyl (C=O) groups excluding carboxylic acids is 2. The second-order valence-electron chi connectivity index (χ2n) is 7.50. The first-order valence-corrected chi connectivity index (χ1v) is 12.5. The number of amides is 1. The molecule has 0 fully saturated rings. The lowest BCUT2D eigenvalue weighted by atomic mass is 10.1. The third kappa shape index (κ3) is 4.95. The van der Waals surface area contributed by atoms with E-state index in [1.54, 1.807) is 17.8 Å². The zero-order chi connectivity index (χ0) is 23.6. The zero-order valence-corrected chi connectivity index (χ0v) is 19.7. The summed E-state index contributed by atoms with van der Waals surface area (Å²) in [7, 11) is -3.88. The van der Waals surface area contributed by atoms with Gasteiger partial charge in [0.25, 0.3) is 5.91 Å². The van der Waals surface area contributed by atoms with Crippen LogP contribution in [0.4, 0.5) is 11.4 Å². The van der Waals surface area contributed by atoms with Crippen LogP contribution < -0.4 is 9.62 Å². The van der Waals surface area contributed by atoms with Gasteiger partial charge in [-0.15, -0.1) is 0 Å². The smallest absolute Gasteiger partial charge is 0.321 e. The highest BCUT2D eigenvalue weighted by atomic mass is 32.2. The molecule has 170 valence electrons. The summed E-state index contributed by atoms with van der Waals surface area (Å²) in [5.74, 6) is -1.27. The van der Waals surface area contributed by atoms with Gasteiger partial charge in [0, 0.05) is 9.79 Å². The lowest BCUT2D eigenvalue weighted by Gasteiger charge is -2.30. The topological polar surface area (TPSA) is 92.8 Å². The van der Waals surface area contributed by atoms with Crippen molar-refractivity contribution in [1.29, 1.82) is 0 Å². The first-order chi connectivity index (χ1) is 15.8. The quantitative estimate of drug-likeness (QED) is 0.535. The molecule has 4 rings (SSSR count). The monoisotopic (exact) mass is 482 g/mol. The number of ether oxygens (including phenoxy) is 1. The fourth-order valence-corrected chi connectivity index (χ4v) is 5.46. The molecule has 3 aromatic carbocycles. The number of hydrogen-bond donors (Lipinski definition) is 1. The fraction of sp³-hybridized carbons (Fsp3) is 0.167. The Balaban J connectivity index is 1.41. The van der Waals surface area contributed by atoms with Crippen molar-refractivity contribution in [1.82, 2.24) is 4.72 Å². The van der Waals surface area contributed by atoms with Crippen LogP contribution in [-0.2, 0) is 24.3 Å². The average molecular weight is 483 g/mol. The van der Waals surface area contributed by atoms with E-state index in [9.17, 15) is 18.0 Å². The van der Waals surface area contributed by atoms with Crippen LogP contribution in [0.2, 0.25) is 0 Å². The molecule has 0 atom stereocenters. The van der Waals surface area contributed by atoms with E-state index >= 15 is 0 Å². The number of nitrogens with one attached hydrogen (secondary N) is 1. The minimum atomic E-state index is -3.88. The number of benzene rings is 3. The first kappa shape index (κ1) is 23.0. The minimum Gasteiger partial charge on any atom is -0.455 e. The normalized spacial score (nSPS) is 12.6. The van der Waals surface area contributed by atoms with Crippen LogP contribution in [0.1, 0.15) is 11.1 Å². The Morgan fingerprint density at radius 3 is 2.12 bits per heavy atom. The average Bonchev–Trinajstić information content (AvgIpc) is 2.81. The zero-order valence-electron chi connectivity index (χ0n) is 18.1. The van der Waals surface area contributed by atoms with Gasteiger partial charge < -0.3 is 4.74 Å². The third-order valence-corrected chi connectivity index (χ3v) is 7.76. The molecule has 1 N–H and O–H groups in total. The summed E-state index contributed by atoms with van der Waals surface area (Å²) in [5, 5.41) is 0. The molecule has 0 spiro atoms. The molecule has 0 saturated heterocycles. The molecule has 0 aliphatic carbocycles. The lowest BCUT2D eigenvalue weighted by Crippen LogP contribution is -2.35. The summed E-state index contributed by atoms with van der Waals surface area (Å²) < 4.78 is 32.3. The number of anilines is 2. The third-order valence-electron chi connectivity index (χ3n) is 5.23. The fourth-order valence-electron chi connectivity index (χ4n) is 3.35. The van der Waals surface area contributed by atoms with Crippen molar-refractivity contribution in [3.05, 3.63) is 77.9 Å². The van der Waals surface area contributed by atoms with Crippen LogP contribution in [0.15, 0.2) is 81.4 Å². The van der Waals surface area contributed by atoms with Crippen LogP contribution in [0.25, 0.3) is 0 Å². The van der Waals surface area contributed by atoms with Crippen molar-refractivity contribution in [3.63, 3.8) is 0 Å². The Kier molecular flexibility index (Phi) is 6.55. The van der Waals surface area contributed by atoms with E-state index in [1.807, 2.05) is 62.4 Å². The molecule has 0 bridgehead atoms. The van der Waals surface area contributed by atoms with E-state index in [0.717, 1.165) is 20.9 Å². The molecule has 0 aromatic heterocycles. The van der Waals surface area contributed by atoms with Gasteiger partial charge in [0.15, 0.2) is 6.61 Å². The van der Waals surface area contributed by atoms with Gasteiger partial charge in [0.1, 0.15) is 6.54 Å². The lowest BCUT2D eigenvalue weighted by molar-refractivity contribution is -0.146. The van der Waals surface area contributed by atoms with E-state index in [2.05, 4.69) is 4.72 Å². The molecule has 0 saturated carbocycles. The van der Waals surface area contributed by atoms with E-state index in [4.69, 9.17) is 4.74 Å². The molecule has 0 unspecified atom stereocenters. The maximum atomic E-state index is 13.0. The largest absolute Gasteiger partial charge is 0.455 e. The Labute approximate surface area is 196 Å². The molecular weight excluding hydrogens is 460 g/mol. The maximum absolute atomic E-state index is 13.0. The molecule has 3 aromatic rings. The van der Waals surface area contributed by atoms with E-state index in [1.165, 1.54) is 17.0 Å². The SMILES string of the molecule is Cc1ccc(S(=O)(=O)NCC(=O)OCC(=O)N2c3ccccc3Sc3ccccc32)cc1C. The highest BCUT2D eigenvalue weighted by molar-refractivity contribution is 7.99. The number of rotatable bonds is 6. The molecule has 1 aliphatic rings. The number of para-hydroxylation sites is 2. The molecule has 1 aliphatic heterocycles. The number of fused-ring (bicyclic) bond motifs is 2. The van der Waals surface area contributed by atoms with Gasteiger partial charge in [-0.05, 0) is 61.4 Å². The van der Waals surface area contributed by atoms with Crippen LogP contribution in [0.3, 0.4) is 0 Å². The predicted octanol–water partition coefficient (Wildman–Crippen LogP) is 3.95. The summed E-state index contributed by atoms with van der Waals surface area (Å²) >= 11 is 1.56. The number of sulfonamides is 1. The standard InChI is InChI=1S/C24H22N2O5S2/c1-16-11-12-18(13-17(16)2)33(29,30)25-14-24(28)31-15-23(27)26-19-7-3-5-9-21(19)32-22-10-6-4-8-20(22)26/h3-13,25H,14-15H2,1-2H3. The summed E-state index contributed by atoms with van der Waals surface area (Å²) in [5.41, 5.74) is 3.20. The van der Waals surface area contributed by atoms with Crippen molar-refractivity contribution >= 4 is 45.0 Å². The number of carbonyl (C=O) groups is 2. The predicted molar refractivity (Wildman–Crippen MR) is 126 cm³/mol. The Hall–Kier alpha value is -3.14. The summed E-state index contributed by atoms with van der Waals surface area (Å²) in [6.45, 7) is 2.60. The van der Waals surface area contributed by atoms with E-state index in [-0.39, 0.29) is 4.90 Å². The van der Waals surface area contributed by atoms with Gasteiger partial charge >= 0.3 is 5.97 Å². The summed E-state index contributed by atoms with van der Waals surface area (Å²) in [6.07, 6.45) is 0. The van der Waals surface area contributed by atoms with Gasteiger partial charge in [-0.25, -0.2) is 8.42 Å². The second-order valence-corrected chi connectivity index (χ2v) is 10.3. The molecule has 1 amide bonds. The molecule has 33 heavy (non-hydrogen) atoms. The maximum Gasteiger partial charge on any atom is 0.321 e. The number of hydrogen-bond acceptors (Lipinski definition) is 6. The van der Waals surface area contributed by atoms with Crippen molar-refractivity contribution in [2.45, 2.75) is 28.5 Å². The summed E-state index contributed by atoms with van der Waals surface area (Å²) in [4.78, 5) is 28.6. The van der Waals surface area contributed by atoms with Crippen LogP contribution in [0.5, 0.6) is 0 Å². The van der Waals surface area contributed by atoms with Gasteiger partial charge in [-0.1, -0.05) is 42.1 Å². The second kappa shape index (κ2) is 9.38. The van der Waals surface area contributed by atoms with Gasteiger partial charge in [0.05, 0.1) is 16.3 Å². The van der Waals surface area contributed by atoms with Crippen LogP contribution in [0, 0.1) is 13.8 Å². The Morgan fingerprint density at radius 1 is 0.909 bits per heavy atom. The first-order valence-electron chi connectivity index (χ1n) is 10.2. The van der Waals surface area contributed by atoms with Crippen molar-refractivity contribution in [2.75, 3.05) is 18.1 Å². The van der Waals surface area contributed by atoms with Crippen molar-refractivity contribution in [3.8, 4) is 0 Å². The van der Waals surface area contributed by atoms with Gasteiger partial charge in [-0.2, -0.15) is 4.72 Å². The number of esters is 1. The Bertz CT molecular complexity index is 1290. The molecule has 9 heteroatoms. The minimum absolute atomic E-state index is 0.0634.